The minimum Gasteiger partial charge on any atom is -0.452 e. The van der Waals surface area contributed by atoms with Crippen LogP contribution in [-0.2, 0) is 19.4 Å². The molecule has 1 aromatic carbocycles. The maximum Gasteiger partial charge on any atom is 0.338 e. The molecular formula is C18H24N2O7S. The van der Waals surface area contributed by atoms with Gasteiger partial charge in [-0.25, -0.2) is 13.2 Å². The van der Waals surface area contributed by atoms with Crippen molar-refractivity contribution >= 4 is 27.4 Å². The van der Waals surface area contributed by atoms with E-state index in [0.717, 1.165) is 6.07 Å². The number of sulfone groups is 1. The number of nitrogens with zero attached hydrogens (tertiary/aromatic N) is 2. The van der Waals surface area contributed by atoms with Gasteiger partial charge in [-0.15, -0.1) is 0 Å². The second-order valence-electron chi connectivity index (χ2n) is 6.95. The third-order valence-corrected chi connectivity index (χ3v) is 6.67. The van der Waals surface area contributed by atoms with E-state index in [1.54, 1.807) is 6.92 Å². The van der Waals surface area contributed by atoms with E-state index in [2.05, 4.69) is 0 Å². The number of ether oxygens (including phenoxy) is 1. The van der Waals surface area contributed by atoms with Gasteiger partial charge in [0.25, 0.3) is 11.6 Å². The van der Waals surface area contributed by atoms with Crippen LogP contribution in [0.5, 0.6) is 0 Å². The minimum absolute atomic E-state index is 0.0244. The molecule has 154 valence electrons. The summed E-state index contributed by atoms with van der Waals surface area (Å²) in [6.07, 6.45) is 0.983. The van der Waals surface area contributed by atoms with Crippen molar-refractivity contribution in [3.05, 3.63) is 39.4 Å². The van der Waals surface area contributed by atoms with Gasteiger partial charge in [0, 0.05) is 23.7 Å². The Balaban J connectivity index is 2.09. The minimum atomic E-state index is -3.17. The monoisotopic (exact) mass is 412 g/mol. The van der Waals surface area contributed by atoms with Crippen molar-refractivity contribution in [2.75, 3.05) is 18.1 Å². The number of hydrogen-bond donors (Lipinski definition) is 0. The zero-order valence-corrected chi connectivity index (χ0v) is 16.9. The highest BCUT2D eigenvalue weighted by Gasteiger charge is 2.36. The molecule has 0 bridgehead atoms. The van der Waals surface area contributed by atoms with Gasteiger partial charge in [0.2, 0.25) is 0 Å². The lowest BCUT2D eigenvalue weighted by Gasteiger charge is -2.33. The molecule has 0 N–H and O–H groups in total. The van der Waals surface area contributed by atoms with Crippen molar-refractivity contribution in [2.24, 2.45) is 0 Å². The van der Waals surface area contributed by atoms with Crippen LogP contribution in [0.1, 0.15) is 42.6 Å². The number of benzene rings is 1. The Morgan fingerprint density at radius 2 is 2.07 bits per heavy atom. The Hall–Kier alpha value is -2.49. The quantitative estimate of drug-likeness (QED) is 0.380. The van der Waals surface area contributed by atoms with Crippen LogP contribution in [0.15, 0.2) is 18.2 Å². The van der Waals surface area contributed by atoms with Crippen LogP contribution in [0.2, 0.25) is 0 Å². The summed E-state index contributed by atoms with van der Waals surface area (Å²) in [6.45, 7) is 4.69. The molecule has 2 atom stereocenters. The molecule has 0 saturated carbocycles. The predicted molar refractivity (Wildman–Crippen MR) is 102 cm³/mol. The average Bonchev–Trinajstić information content (AvgIpc) is 2.99. The van der Waals surface area contributed by atoms with Crippen LogP contribution in [0.25, 0.3) is 0 Å². The molecule has 0 radical (unpaired) electrons. The first-order valence-electron chi connectivity index (χ1n) is 8.99. The van der Waals surface area contributed by atoms with Crippen LogP contribution in [0.3, 0.4) is 0 Å². The maximum atomic E-state index is 12.7. The fraction of sp³-hybridized carbons (Fsp3) is 0.556. The molecule has 1 saturated heterocycles. The number of nitro groups is 1. The average molecular weight is 412 g/mol. The molecule has 9 nitrogen and oxygen atoms in total. The van der Waals surface area contributed by atoms with E-state index in [9.17, 15) is 28.1 Å². The van der Waals surface area contributed by atoms with Gasteiger partial charge in [-0.1, -0.05) is 13.0 Å². The highest BCUT2D eigenvalue weighted by Crippen LogP contribution is 2.22. The largest absolute Gasteiger partial charge is 0.452 e. The first-order valence-corrected chi connectivity index (χ1v) is 10.8. The van der Waals surface area contributed by atoms with Crippen LogP contribution in [0.4, 0.5) is 5.69 Å². The van der Waals surface area contributed by atoms with Crippen LogP contribution >= 0.6 is 0 Å². The molecule has 1 fully saturated rings. The Kier molecular flexibility index (Phi) is 6.76. The van der Waals surface area contributed by atoms with E-state index in [-0.39, 0.29) is 28.8 Å². The molecule has 1 heterocycles. The van der Waals surface area contributed by atoms with Gasteiger partial charge < -0.3 is 9.64 Å². The van der Waals surface area contributed by atoms with Gasteiger partial charge in [0.15, 0.2) is 16.4 Å². The van der Waals surface area contributed by atoms with E-state index in [1.807, 2.05) is 13.8 Å². The number of carbonyl (C=O) groups excluding carboxylic acids is 2. The summed E-state index contributed by atoms with van der Waals surface area (Å²) in [5.74, 6) is -1.39. The Bertz CT molecular complexity index is 882. The molecular weight excluding hydrogens is 388 g/mol. The number of esters is 1. The van der Waals surface area contributed by atoms with Gasteiger partial charge in [-0.05, 0) is 32.8 Å². The Labute approximate surface area is 163 Å². The number of hydrogen-bond acceptors (Lipinski definition) is 7. The fourth-order valence-corrected chi connectivity index (χ4v) is 4.93. The van der Waals surface area contributed by atoms with Crippen LogP contribution < -0.4 is 0 Å². The first kappa shape index (κ1) is 21.8. The van der Waals surface area contributed by atoms with Crippen molar-refractivity contribution in [3.8, 4) is 0 Å². The fourth-order valence-electron chi connectivity index (χ4n) is 3.22. The summed E-state index contributed by atoms with van der Waals surface area (Å²) < 4.78 is 28.6. The van der Waals surface area contributed by atoms with Gasteiger partial charge >= 0.3 is 5.97 Å². The molecule has 0 aromatic heterocycles. The van der Waals surface area contributed by atoms with E-state index in [0.29, 0.717) is 18.4 Å². The second kappa shape index (κ2) is 8.68. The Morgan fingerprint density at radius 1 is 1.39 bits per heavy atom. The zero-order chi connectivity index (χ0) is 21.1. The summed E-state index contributed by atoms with van der Waals surface area (Å²) in [4.78, 5) is 36.8. The smallest absolute Gasteiger partial charge is 0.338 e. The van der Waals surface area contributed by atoms with Crippen LogP contribution in [-0.4, -0.2) is 60.3 Å². The molecule has 1 aliphatic rings. The third kappa shape index (κ3) is 5.06. The molecule has 0 spiro atoms. The number of rotatable bonds is 7. The third-order valence-electron chi connectivity index (χ3n) is 4.92. The first-order chi connectivity index (χ1) is 13.1. The molecule has 1 aliphatic heterocycles. The molecule has 1 aromatic rings. The zero-order valence-electron chi connectivity index (χ0n) is 16.1. The van der Waals surface area contributed by atoms with Crippen molar-refractivity contribution < 1.29 is 27.7 Å². The van der Waals surface area contributed by atoms with Crippen molar-refractivity contribution in [1.82, 2.24) is 4.90 Å². The summed E-state index contributed by atoms with van der Waals surface area (Å²) in [5, 5.41) is 11.0. The highest BCUT2D eigenvalue weighted by molar-refractivity contribution is 7.91. The Morgan fingerprint density at radius 3 is 2.61 bits per heavy atom. The van der Waals surface area contributed by atoms with Gasteiger partial charge in [0.1, 0.15) is 0 Å². The van der Waals surface area contributed by atoms with Crippen molar-refractivity contribution in [1.29, 1.82) is 0 Å². The molecule has 2 unspecified atom stereocenters. The topological polar surface area (TPSA) is 124 Å². The second-order valence-corrected chi connectivity index (χ2v) is 9.18. The number of amides is 1. The lowest BCUT2D eigenvalue weighted by Crippen LogP contribution is -2.48. The van der Waals surface area contributed by atoms with E-state index in [1.165, 1.54) is 17.0 Å². The summed E-state index contributed by atoms with van der Waals surface area (Å²) >= 11 is 0. The number of carbonyl (C=O) groups is 2. The van der Waals surface area contributed by atoms with E-state index >= 15 is 0 Å². The van der Waals surface area contributed by atoms with Gasteiger partial charge in [-0.2, -0.15) is 0 Å². The standard InChI is InChI=1S/C18H24N2O7S/c1-4-13(3)19(15-7-8-28(25,26)11-15)17(21)10-27-18(22)14-6-5-12(2)16(9-14)20(23)24/h5-6,9,13,15H,4,7-8,10-11H2,1-3H3. The molecule has 1 amide bonds. The van der Waals surface area contributed by atoms with E-state index in [4.69, 9.17) is 4.74 Å². The van der Waals surface area contributed by atoms with E-state index < -0.39 is 39.3 Å². The maximum absolute atomic E-state index is 12.7. The number of nitro benzene ring substituents is 1. The molecule has 2 rings (SSSR count). The van der Waals surface area contributed by atoms with Crippen molar-refractivity contribution in [2.45, 2.75) is 45.7 Å². The van der Waals surface area contributed by atoms with Crippen molar-refractivity contribution in [3.63, 3.8) is 0 Å². The highest BCUT2D eigenvalue weighted by atomic mass is 32.2. The molecule has 28 heavy (non-hydrogen) atoms. The van der Waals surface area contributed by atoms with Crippen LogP contribution in [0, 0.1) is 17.0 Å². The van der Waals surface area contributed by atoms with Gasteiger partial charge in [-0.3, -0.25) is 14.9 Å². The molecule has 0 aliphatic carbocycles. The molecule has 10 heteroatoms. The summed E-state index contributed by atoms with van der Waals surface area (Å²) in [7, 11) is -3.17. The summed E-state index contributed by atoms with van der Waals surface area (Å²) in [6, 6.07) is 3.30. The normalized spacial score (nSPS) is 19.0. The lowest BCUT2D eigenvalue weighted by atomic mass is 10.1. The van der Waals surface area contributed by atoms with Gasteiger partial charge in [0.05, 0.1) is 22.0 Å². The SMILES string of the molecule is CCC(C)N(C(=O)COC(=O)c1ccc(C)c([N+](=O)[O-])c1)C1CCS(=O)(=O)C1. The predicted octanol–water partition coefficient (Wildman–Crippen LogP) is 1.87. The lowest BCUT2D eigenvalue weighted by molar-refractivity contribution is -0.385. The number of aryl methyl sites for hydroxylation is 1. The summed E-state index contributed by atoms with van der Waals surface area (Å²) in [5.41, 5.74) is 0.171.